The van der Waals surface area contributed by atoms with Gasteiger partial charge in [0.05, 0.1) is 7.11 Å². The van der Waals surface area contributed by atoms with Crippen molar-refractivity contribution in [1.29, 1.82) is 0 Å². The molecule has 5 heteroatoms. The van der Waals surface area contributed by atoms with Crippen LogP contribution in [0.2, 0.25) is 0 Å². The topological polar surface area (TPSA) is 52.3 Å². The van der Waals surface area contributed by atoms with Gasteiger partial charge in [-0.15, -0.1) is 0 Å². The van der Waals surface area contributed by atoms with Gasteiger partial charge >= 0.3 is 0 Å². The van der Waals surface area contributed by atoms with E-state index < -0.39 is 0 Å². The Kier molecular flexibility index (Phi) is 1.21. The molecule has 2 aromatic rings. The molecule has 0 unspecified atom stereocenters. The lowest BCUT2D eigenvalue weighted by Gasteiger charge is -1.97. The van der Waals surface area contributed by atoms with E-state index in [4.69, 9.17) is 4.74 Å². The normalized spacial score (nSPS) is 10.3. The Bertz CT molecular complexity index is 369. The Morgan fingerprint density at radius 1 is 1.45 bits per heavy atom. The van der Waals surface area contributed by atoms with Crippen molar-refractivity contribution in [3.63, 3.8) is 0 Å². The van der Waals surface area contributed by atoms with E-state index in [2.05, 4.69) is 15.1 Å². The molecule has 0 saturated heterocycles. The lowest BCUT2D eigenvalue weighted by atomic mass is 10.7. The molecular formula is C6H6N4O. The number of rotatable bonds is 1. The Balaban J connectivity index is 2.79. The molecule has 5 nitrogen and oxygen atoms in total. The standard InChI is InChI=1S/C6H6N4O/c1-11-6-5-7-2-3-10(5)9-4-8-6/h2-4H,1H3. The van der Waals surface area contributed by atoms with Crippen LogP contribution in [0.4, 0.5) is 0 Å². The fraction of sp³-hybridized carbons (Fsp3) is 0.167. The fourth-order valence-corrected chi connectivity index (χ4v) is 0.879. The summed E-state index contributed by atoms with van der Waals surface area (Å²) in [6.45, 7) is 0. The monoisotopic (exact) mass is 150 g/mol. The lowest BCUT2D eigenvalue weighted by molar-refractivity contribution is 0.398. The maximum absolute atomic E-state index is 4.95. The number of nitrogens with zero attached hydrogens (tertiary/aromatic N) is 4. The predicted octanol–water partition coefficient (Wildman–Crippen LogP) is 0.133. The highest BCUT2D eigenvalue weighted by atomic mass is 16.5. The molecule has 0 fully saturated rings. The van der Waals surface area contributed by atoms with Crippen LogP contribution >= 0.6 is 0 Å². The Morgan fingerprint density at radius 2 is 2.36 bits per heavy atom. The van der Waals surface area contributed by atoms with Crippen LogP contribution in [0, 0.1) is 0 Å². The molecule has 0 N–H and O–H groups in total. The maximum Gasteiger partial charge on any atom is 0.261 e. The molecule has 0 radical (unpaired) electrons. The molecule has 0 aromatic carbocycles. The second-order valence-electron chi connectivity index (χ2n) is 1.96. The first-order valence-corrected chi connectivity index (χ1v) is 3.10. The zero-order valence-corrected chi connectivity index (χ0v) is 5.93. The summed E-state index contributed by atoms with van der Waals surface area (Å²) < 4.78 is 6.55. The van der Waals surface area contributed by atoms with Crippen LogP contribution in [0.1, 0.15) is 0 Å². The van der Waals surface area contributed by atoms with E-state index in [0.29, 0.717) is 11.5 Å². The molecular weight excluding hydrogens is 144 g/mol. The van der Waals surface area contributed by atoms with Gasteiger partial charge in [-0.05, 0) is 0 Å². The first-order chi connectivity index (χ1) is 5.42. The average Bonchev–Trinajstić information content (AvgIpc) is 2.50. The number of methoxy groups -OCH3 is 1. The Hall–Kier alpha value is -1.65. The molecule has 2 heterocycles. The molecule has 11 heavy (non-hydrogen) atoms. The third kappa shape index (κ3) is 0.813. The van der Waals surface area contributed by atoms with Crippen molar-refractivity contribution in [2.24, 2.45) is 0 Å². The highest BCUT2D eigenvalue weighted by Gasteiger charge is 2.02. The van der Waals surface area contributed by atoms with Crippen LogP contribution in [-0.2, 0) is 0 Å². The van der Waals surface area contributed by atoms with Crippen LogP contribution in [0.15, 0.2) is 18.7 Å². The van der Waals surface area contributed by atoms with E-state index in [9.17, 15) is 0 Å². The van der Waals surface area contributed by atoms with Gasteiger partial charge in [0.15, 0.2) is 0 Å². The van der Waals surface area contributed by atoms with Crippen molar-refractivity contribution in [2.75, 3.05) is 7.11 Å². The molecule has 0 aliphatic carbocycles. The van der Waals surface area contributed by atoms with Gasteiger partial charge in [-0.1, -0.05) is 0 Å². The molecule has 0 atom stereocenters. The zero-order chi connectivity index (χ0) is 7.68. The quantitative estimate of drug-likeness (QED) is 0.580. The van der Waals surface area contributed by atoms with Crippen LogP contribution < -0.4 is 4.74 Å². The van der Waals surface area contributed by atoms with E-state index in [1.807, 2.05) is 0 Å². The number of ether oxygens (including phenoxy) is 1. The summed E-state index contributed by atoms with van der Waals surface area (Å²) in [6, 6.07) is 0. The van der Waals surface area contributed by atoms with Gasteiger partial charge in [-0.2, -0.15) is 10.1 Å². The van der Waals surface area contributed by atoms with Crippen LogP contribution in [-0.4, -0.2) is 26.7 Å². The van der Waals surface area contributed by atoms with Crippen molar-refractivity contribution in [1.82, 2.24) is 19.6 Å². The summed E-state index contributed by atoms with van der Waals surface area (Å²) >= 11 is 0. The highest BCUT2D eigenvalue weighted by Crippen LogP contribution is 2.10. The van der Waals surface area contributed by atoms with Gasteiger partial charge in [0.2, 0.25) is 5.65 Å². The molecule has 0 aliphatic rings. The van der Waals surface area contributed by atoms with E-state index in [-0.39, 0.29) is 0 Å². The summed E-state index contributed by atoms with van der Waals surface area (Å²) in [5.41, 5.74) is 0.634. The van der Waals surface area contributed by atoms with Crippen molar-refractivity contribution >= 4 is 5.65 Å². The molecule has 0 aliphatic heterocycles. The van der Waals surface area contributed by atoms with E-state index in [1.165, 1.54) is 6.33 Å². The zero-order valence-electron chi connectivity index (χ0n) is 5.93. The number of imidazole rings is 1. The van der Waals surface area contributed by atoms with Gasteiger partial charge < -0.3 is 4.74 Å². The summed E-state index contributed by atoms with van der Waals surface area (Å²) in [6.07, 6.45) is 4.81. The molecule has 0 saturated carbocycles. The lowest BCUT2D eigenvalue weighted by Crippen LogP contribution is -1.96. The fourth-order valence-electron chi connectivity index (χ4n) is 0.879. The number of fused-ring (bicyclic) bond motifs is 1. The Morgan fingerprint density at radius 3 is 3.18 bits per heavy atom. The number of hydrogen-bond acceptors (Lipinski definition) is 4. The summed E-state index contributed by atoms with van der Waals surface area (Å²) in [5, 5.41) is 3.91. The average molecular weight is 150 g/mol. The highest BCUT2D eigenvalue weighted by molar-refractivity contribution is 5.46. The SMILES string of the molecule is COc1ncnn2ccnc12. The number of aromatic nitrogens is 4. The molecule has 0 bridgehead atoms. The van der Waals surface area contributed by atoms with Crippen LogP contribution in [0.25, 0.3) is 5.65 Å². The Labute approximate surface area is 62.7 Å². The van der Waals surface area contributed by atoms with Gasteiger partial charge in [0, 0.05) is 12.4 Å². The van der Waals surface area contributed by atoms with Crippen LogP contribution in [0.3, 0.4) is 0 Å². The molecule has 2 rings (SSSR count). The van der Waals surface area contributed by atoms with E-state index in [1.54, 1.807) is 24.0 Å². The van der Waals surface area contributed by atoms with Gasteiger partial charge in [0.1, 0.15) is 6.33 Å². The molecule has 2 aromatic heterocycles. The largest absolute Gasteiger partial charge is 0.478 e. The van der Waals surface area contributed by atoms with Crippen molar-refractivity contribution in [2.45, 2.75) is 0 Å². The molecule has 56 valence electrons. The minimum Gasteiger partial charge on any atom is -0.478 e. The smallest absolute Gasteiger partial charge is 0.261 e. The third-order valence-corrected chi connectivity index (χ3v) is 1.36. The number of hydrogen-bond donors (Lipinski definition) is 0. The van der Waals surface area contributed by atoms with E-state index >= 15 is 0 Å². The summed E-state index contributed by atoms with van der Waals surface area (Å²) in [7, 11) is 1.55. The molecule has 0 spiro atoms. The predicted molar refractivity (Wildman–Crippen MR) is 37.3 cm³/mol. The van der Waals surface area contributed by atoms with Gasteiger partial charge in [-0.25, -0.2) is 9.50 Å². The minimum atomic E-state index is 0.491. The van der Waals surface area contributed by atoms with Crippen molar-refractivity contribution < 1.29 is 4.74 Å². The van der Waals surface area contributed by atoms with Gasteiger partial charge in [0.25, 0.3) is 5.88 Å². The van der Waals surface area contributed by atoms with Crippen molar-refractivity contribution in [3.8, 4) is 5.88 Å². The first-order valence-electron chi connectivity index (χ1n) is 3.10. The molecule has 0 amide bonds. The van der Waals surface area contributed by atoms with Crippen molar-refractivity contribution in [3.05, 3.63) is 18.7 Å². The third-order valence-electron chi connectivity index (χ3n) is 1.36. The maximum atomic E-state index is 4.95. The van der Waals surface area contributed by atoms with E-state index in [0.717, 1.165) is 0 Å². The first kappa shape index (κ1) is 6.09. The second kappa shape index (κ2) is 2.19. The van der Waals surface area contributed by atoms with Gasteiger partial charge in [-0.3, -0.25) is 0 Å². The second-order valence-corrected chi connectivity index (χ2v) is 1.96. The summed E-state index contributed by atoms with van der Waals surface area (Å²) in [4.78, 5) is 7.88. The summed E-state index contributed by atoms with van der Waals surface area (Å²) in [5.74, 6) is 0.491. The minimum absolute atomic E-state index is 0.491. The van der Waals surface area contributed by atoms with Crippen LogP contribution in [0.5, 0.6) is 5.88 Å².